The van der Waals surface area contributed by atoms with Crippen molar-refractivity contribution in [3.8, 4) is 0 Å². The number of hydrogen-bond donors (Lipinski definition) is 1. The molecule has 0 saturated heterocycles. The second kappa shape index (κ2) is 5.09. The highest BCUT2D eigenvalue weighted by Gasteiger charge is 2.17. The summed E-state index contributed by atoms with van der Waals surface area (Å²) in [5.41, 5.74) is 2.93. The number of imidazole rings is 1. The number of nitrogens with one attached hydrogen (secondary N) is 1. The molecule has 5 nitrogen and oxygen atoms in total. The molecule has 2 aromatic rings. The number of aryl methyl sites for hydroxylation is 2. The van der Waals surface area contributed by atoms with Crippen molar-refractivity contribution in [3.63, 3.8) is 0 Å². The van der Waals surface area contributed by atoms with Gasteiger partial charge in [0.25, 0.3) is 0 Å². The third-order valence-electron chi connectivity index (χ3n) is 2.82. The lowest BCUT2D eigenvalue weighted by Crippen LogP contribution is -2.27. The zero-order chi connectivity index (χ0) is 15.1. The van der Waals surface area contributed by atoms with Crippen molar-refractivity contribution in [3.05, 3.63) is 28.1 Å². The molecule has 0 aromatic carbocycles. The Morgan fingerprint density at radius 1 is 1.40 bits per heavy atom. The topological polar surface area (TPSA) is 55.6 Å². The van der Waals surface area contributed by atoms with E-state index >= 15 is 0 Å². The molecule has 0 aliphatic heterocycles. The Morgan fingerprint density at radius 2 is 2.05 bits per heavy atom. The Balaban J connectivity index is 2.31. The second-order valence-corrected chi connectivity index (χ2v) is 6.53. The average molecular weight is 340 g/mol. The molecule has 0 aliphatic carbocycles. The third kappa shape index (κ3) is 3.12. The Kier molecular flexibility index (Phi) is 3.77. The number of nitrogens with zero attached hydrogens (tertiary/aromatic N) is 2. The van der Waals surface area contributed by atoms with Gasteiger partial charge >= 0.3 is 6.09 Å². The summed E-state index contributed by atoms with van der Waals surface area (Å²) in [4.78, 5) is 16.3. The first-order chi connectivity index (χ1) is 9.17. The molecule has 0 radical (unpaired) electrons. The molecule has 6 heteroatoms. The minimum Gasteiger partial charge on any atom is -0.444 e. The van der Waals surface area contributed by atoms with Gasteiger partial charge in [-0.15, -0.1) is 0 Å². The maximum absolute atomic E-state index is 11.8. The van der Waals surface area contributed by atoms with Gasteiger partial charge in [0.15, 0.2) is 0 Å². The second-order valence-electron chi connectivity index (χ2n) is 5.67. The first kappa shape index (κ1) is 14.8. The lowest BCUT2D eigenvalue weighted by atomic mass is 10.2. The van der Waals surface area contributed by atoms with Crippen molar-refractivity contribution in [2.75, 3.05) is 5.32 Å². The van der Waals surface area contributed by atoms with Crippen LogP contribution in [0.25, 0.3) is 5.65 Å². The summed E-state index contributed by atoms with van der Waals surface area (Å²) in [6.45, 7) is 9.43. The highest BCUT2D eigenvalue weighted by Crippen LogP contribution is 2.26. The fourth-order valence-corrected chi connectivity index (χ4v) is 2.23. The van der Waals surface area contributed by atoms with Crippen molar-refractivity contribution in [2.45, 2.75) is 40.2 Å². The van der Waals surface area contributed by atoms with Gasteiger partial charge in [0, 0.05) is 18.0 Å². The summed E-state index contributed by atoms with van der Waals surface area (Å²) in [6, 6.07) is 1.81. The monoisotopic (exact) mass is 339 g/mol. The Labute approximate surface area is 126 Å². The van der Waals surface area contributed by atoms with Crippen LogP contribution in [-0.4, -0.2) is 21.1 Å². The summed E-state index contributed by atoms with van der Waals surface area (Å²) >= 11 is 3.45. The van der Waals surface area contributed by atoms with Crippen LogP contribution in [0.1, 0.15) is 32.2 Å². The van der Waals surface area contributed by atoms with E-state index in [1.54, 1.807) is 0 Å². The van der Waals surface area contributed by atoms with Crippen molar-refractivity contribution < 1.29 is 9.53 Å². The maximum atomic E-state index is 11.8. The summed E-state index contributed by atoms with van der Waals surface area (Å²) in [5, 5.41) is 2.73. The van der Waals surface area contributed by atoms with Crippen LogP contribution in [0.5, 0.6) is 0 Å². The van der Waals surface area contributed by atoms with Crippen LogP contribution < -0.4 is 5.32 Å². The largest absolute Gasteiger partial charge is 0.444 e. The minimum absolute atomic E-state index is 0.484. The van der Waals surface area contributed by atoms with Gasteiger partial charge < -0.3 is 9.14 Å². The molecule has 0 spiro atoms. The molecule has 1 amide bonds. The van der Waals surface area contributed by atoms with Crippen LogP contribution in [-0.2, 0) is 4.74 Å². The van der Waals surface area contributed by atoms with Crippen LogP contribution in [0.3, 0.4) is 0 Å². The van der Waals surface area contributed by atoms with Gasteiger partial charge in [0.2, 0.25) is 0 Å². The molecular formula is C14H18BrN3O2. The smallest absolute Gasteiger partial charge is 0.412 e. The highest BCUT2D eigenvalue weighted by molar-refractivity contribution is 9.10. The summed E-state index contributed by atoms with van der Waals surface area (Å²) < 4.78 is 7.99. The molecule has 1 N–H and O–H groups in total. The predicted octanol–water partition coefficient (Wildman–Crippen LogP) is 4.06. The molecule has 0 unspecified atom stereocenters. The third-order valence-corrected chi connectivity index (χ3v) is 3.45. The van der Waals surface area contributed by atoms with Crippen LogP contribution >= 0.6 is 15.9 Å². The predicted molar refractivity (Wildman–Crippen MR) is 82.2 cm³/mol. The SMILES string of the molecule is Cc1nc2cc(NC(=O)OC(C)(C)C)c(Br)cn2c1C. The number of carbonyl (C=O) groups excluding carboxylic acids is 1. The fraction of sp³-hybridized carbons (Fsp3) is 0.429. The normalized spacial score (nSPS) is 11.7. The van der Waals surface area contributed by atoms with Crippen LogP contribution in [0.2, 0.25) is 0 Å². The van der Waals surface area contributed by atoms with E-state index in [0.29, 0.717) is 5.69 Å². The van der Waals surface area contributed by atoms with E-state index in [9.17, 15) is 4.79 Å². The Bertz CT molecular complexity index is 671. The van der Waals surface area contributed by atoms with E-state index < -0.39 is 11.7 Å². The molecule has 108 valence electrons. The van der Waals surface area contributed by atoms with E-state index in [1.807, 2.05) is 51.3 Å². The number of hydrogen-bond acceptors (Lipinski definition) is 3. The number of ether oxygens (including phenoxy) is 1. The molecule has 2 heterocycles. The molecule has 0 fully saturated rings. The van der Waals surface area contributed by atoms with Crippen LogP contribution in [0, 0.1) is 13.8 Å². The molecule has 20 heavy (non-hydrogen) atoms. The number of halogens is 1. The van der Waals surface area contributed by atoms with E-state index in [1.165, 1.54) is 0 Å². The van der Waals surface area contributed by atoms with Crippen LogP contribution in [0.4, 0.5) is 10.5 Å². The zero-order valence-electron chi connectivity index (χ0n) is 12.2. The Morgan fingerprint density at radius 3 is 2.65 bits per heavy atom. The van der Waals surface area contributed by atoms with Crippen LogP contribution in [0.15, 0.2) is 16.7 Å². The number of carbonyl (C=O) groups is 1. The molecular weight excluding hydrogens is 322 g/mol. The van der Waals surface area contributed by atoms with Crippen molar-refractivity contribution in [2.24, 2.45) is 0 Å². The lowest BCUT2D eigenvalue weighted by molar-refractivity contribution is 0.0636. The standard InChI is InChI=1S/C14H18BrN3O2/c1-8-9(2)18-7-10(15)11(6-12(18)16-8)17-13(19)20-14(3,4)5/h6-7H,1-5H3,(H,17,19). The quantitative estimate of drug-likeness (QED) is 0.852. The molecule has 0 saturated carbocycles. The number of rotatable bonds is 1. The molecule has 2 rings (SSSR count). The molecule has 0 atom stereocenters. The van der Waals surface area contributed by atoms with E-state index in [2.05, 4.69) is 26.2 Å². The first-order valence-electron chi connectivity index (χ1n) is 6.32. The lowest BCUT2D eigenvalue weighted by Gasteiger charge is -2.20. The summed E-state index contributed by atoms with van der Waals surface area (Å²) in [7, 11) is 0. The molecule has 0 aliphatic rings. The van der Waals surface area contributed by atoms with Crippen molar-refractivity contribution in [1.29, 1.82) is 0 Å². The number of anilines is 1. The zero-order valence-corrected chi connectivity index (χ0v) is 13.8. The average Bonchev–Trinajstić information content (AvgIpc) is 2.54. The molecule has 2 aromatic heterocycles. The first-order valence-corrected chi connectivity index (χ1v) is 7.11. The van der Waals surface area contributed by atoms with Gasteiger partial charge in [0.1, 0.15) is 11.2 Å². The van der Waals surface area contributed by atoms with Gasteiger partial charge in [0.05, 0.1) is 15.9 Å². The van der Waals surface area contributed by atoms with Gasteiger partial charge in [-0.2, -0.15) is 0 Å². The number of pyridine rings is 1. The van der Waals surface area contributed by atoms with Gasteiger partial charge in [-0.3, -0.25) is 5.32 Å². The van der Waals surface area contributed by atoms with E-state index in [0.717, 1.165) is 21.5 Å². The van der Waals surface area contributed by atoms with Crippen molar-refractivity contribution >= 4 is 33.4 Å². The van der Waals surface area contributed by atoms with E-state index in [4.69, 9.17) is 4.74 Å². The van der Waals surface area contributed by atoms with Crippen molar-refractivity contribution in [1.82, 2.24) is 9.38 Å². The van der Waals surface area contributed by atoms with E-state index in [-0.39, 0.29) is 0 Å². The minimum atomic E-state index is -0.527. The van der Waals surface area contributed by atoms with Gasteiger partial charge in [-0.25, -0.2) is 9.78 Å². The number of fused-ring (bicyclic) bond motifs is 1. The summed E-state index contributed by atoms with van der Waals surface area (Å²) in [6.07, 6.45) is 1.40. The van der Waals surface area contributed by atoms with Gasteiger partial charge in [-0.05, 0) is 50.5 Å². The maximum Gasteiger partial charge on any atom is 0.412 e. The Hall–Kier alpha value is -1.56. The van der Waals surface area contributed by atoms with Gasteiger partial charge in [-0.1, -0.05) is 0 Å². The number of aromatic nitrogens is 2. The summed E-state index contributed by atoms with van der Waals surface area (Å²) in [5.74, 6) is 0. The molecule has 0 bridgehead atoms. The highest BCUT2D eigenvalue weighted by atomic mass is 79.9. The fourth-order valence-electron chi connectivity index (χ4n) is 1.81. The number of amides is 1.